The van der Waals surface area contributed by atoms with Crippen LogP contribution in [0.25, 0.3) is 22.6 Å². The molecule has 0 fully saturated rings. The van der Waals surface area contributed by atoms with Crippen LogP contribution < -0.4 is 0 Å². The van der Waals surface area contributed by atoms with E-state index >= 15 is 0 Å². The van der Waals surface area contributed by atoms with E-state index in [9.17, 15) is 0 Å². The highest BCUT2D eigenvalue weighted by Crippen LogP contribution is 2.27. The maximum absolute atomic E-state index is 4.68. The fourth-order valence-corrected chi connectivity index (χ4v) is 2.60. The quantitative estimate of drug-likeness (QED) is 0.686. The summed E-state index contributed by atoms with van der Waals surface area (Å²) in [6.07, 6.45) is 0. The summed E-state index contributed by atoms with van der Waals surface area (Å²) in [6.45, 7) is 4.34. The van der Waals surface area contributed by atoms with Gasteiger partial charge in [0, 0.05) is 11.4 Å². The molecular weight excluding hydrogens is 230 g/mol. The number of thiazole rings is 1. The van der Waals surface area contributed by atoms with Crippen LogP contribution in [0.2, 0.25) is 0 Å². The Morgan fingerprint density at radius 3 is 2.76 bits per heavy atom. The number of benzene rings is 1. The number of aromatic nitrogens is 3. The Morgan fingerprint density at radius 2 is 2.06 bits per heavy atom. The molecule has 3 aromatic rings. The van der Waals surface area contributed by atoms with Crippen molar-refractivity contribution in [3.05, 3.63) is 35.2 Å². The third kappa shape index (κ3) is 1.65. The fourth-order valence-electron chi connectivity index (χ4n) is 2.07. The molecule has 0 spiro atoms. The molecule has 0 bridgehead atoms. The first-order valence-corrected chi connectivity index (χ1v) is 6.57. The number of nitrogens with zero attached hydrogens (tertiary/aromatic N) is 3. The molecule has 0 saturated carbocycles. The summed E-state index contributed by atoms with van der Waals surface area (Å²) in [7, 11) is 0. The SMILES string of the molecule is CC(C)n1c(-c2cscn2)nc2ccccc21. The molecule has 0 aliphatic rings. The molecule has 0 aliphatic carbocycles. The van der Waals surface area contributed by atoms with Gasteiger partial charge in [0.2, 0.25) is 0 Å². The Labute approximate surface area is 104 Å². The molecule has 0 amide bonds. The van der Waals surface area contributed by atoms with Gasteiger partial charge in [0.25, 0.3) is 0 Å². The van der Waals surface area contributed by atoms with Crippen molar-refractivity contribution in [3.8, 4) is 11.5 Å². The third-order valence-corrected chi connectivity index (χ3v) is 3.36. The molecule has 0 atom stereocenters. The van der Waals surface area contributed by atoms with E-state index in [1.807, 2.05) is 29.1 Å². The topological polar surface area (TPSA) is 30.7 Å². The number of fused-ring (bicyclic) bond motifs is 1. The molecular formula is C13H13N3S. The number of rotatable bonds is 2. The maximum atomic E-state index is 4.68. The Hall–Kier alpha value is -1.68. The van der Waals surface area contributed by atoms with Crippen LogP contribution in [0.1, 0.15) is 19.9 Å². The monoisotopic (exact) mass is 243 g/mol. The second kappa shape index (κ2) is 3.96. The highest BCUT2D eigenvalue weighted by molar-refractivity contribution is 7.07. The van der Waals surface area contributed by atoms with Gasteiger partial charge in [0.05, 0.1) is 16.5 Å². The van der Waals surface area contributed by atoms with Crippen molar-refractivity contribution in [3.63, 3.8) is 0 Å². The highest BCUT2D eigenvalue weighted by atomic mass is 32.1. The van der Waals surface area contributed by atoms with Gasteiger partial charge in [-0.1, -0.05) is 12.1 Å². The third-order valence-electron chi connectivity index (χ3n) is 2.77. The zero-order chi connectivity index (χ0) is 11.8. The molecule has 3 nitrogen and oxygen atoms in total. The van der Waals surface area contributed by atoms with E-state index in [2.05, 4.69) is 34.4 Å². The van der Waals surface area contributed by atoms with Crippen molar-refractivity contribution in [1.29, 1.82) is 0 Å². The van der Waals surface area contributed by atoms with Crippen LogP contribution in [-0.4, -0.2) is 14.5 Å². The van der Waals surface area contributed by atoms with Gasteiger partial charge in [-0.15, -0.1) is 11.3 Å². The molecule has 0 unspecified atom stereocenters. The van der Waals surface area contributed by atoms with Crippen LogP contribution in [0.4, 0.5) is 0 Å². The van der Waals surface area contributed by atoms with Crippen molar-refractivity contribution >= 4 is 22.4 Å². The average molecular weight is 243 g/mol. The smallest absolute Gasteiger partial charge is 0.160 e. The predicted octanol–water partition coefficient (Wildman–Crippen LogP) is 3.74. The van der Waals surface area contributed by atoms with Crippen LogP contribution in [0, 0.1) is 0 Å². The normalized spacial score (nSPS) is 11.5. The molecule has 1 aromatic carbocycles. The summed E-state index contributed by atoms with van der Waals surface area (Å²) >= 11 is 1.60. The molecule has 17 heavy (non-hydrogen) atoms. The number of hydrogen-bond acceptors (Lipinski definition) is 3. The van der Waals surface area contributed by atoms with E-state index in [4.69, 9.17) is 0 Å². The summed E-state index contributed by atoms with van der Waals surface area (Å²) < 4.78 is 2.24. The molecule has 0 aliphatic heterocycles. The fraction of sp³-hybridized carbons (Fsp3) is 0.231. The summed E-state index contributed by atoms with van der Waals surface area (Å²) in [4.78, 5) is 9.04. The lowest BCUT2D eigenvalue weighted by Gasteiger charge is -2.11. The minimum absolute atomic E-state index is 0.374. The second-order valence-corrected chi connectivity index (χ2v) is 4.98. The van der Waals surface area contributed by atoms with Gasteiger partial charge in [0.1, 0.15) is 5.69 Å². The van der Waals surface area contributed by atoms with Crippen LogP contribution in [0.5, 0.6) is 0 Å². The van der Waals surface area contributed by atoms with Crippen molar-refractivity contribution in [1.82, 2.24) is 14.5 Å². The van der Waals surface area contributed by atoms with Crippen LogP contribution in [-0.2, 0) is 0 Å². The second-order valence-electron chi connectivity index (χ2n) is 4.26. The lowest BCUT2D eigenvalue weighted by molar-refractivity contribution is 0.623. The Morgan fingerprint density at radius 1 is 1.24 bits per heavy atom. The van der Waals surface area contributed by atoms with E-state index < -0.39 is 0 Å². The summed E-state index contributed by atoms with van der Waals surface area (Å²) in [6, 6.07) is 8.60. The summed E-state index contributed by atoms with van der Waals surface area (Å²) in [5.74, 6) is 0.961. The Balaban J connectivity index is 2.34. The minimum Gasteiger partial charge on any atom is -0.320 e. The van der Waals surface area contributed by atoms with Gasteiger partial charge in [-0.3, -0.25) is 0 Å². The van der Waals surface area contributed by atoms with E-state index in [-0.39, 0.29) is 0 Å². The molecule has 0 radical (unpaired) electrons. The lowest BCUT2D eigenvalue weighted by Crippen LogP contribution is -2.03. The zero-order valence-corrected chi connectivity index (χ0v) is 10.6. The Kier molecular flexibility index (Phi) is 2.44. The molecule has 2 heterocycles. The van der Waals surface area contributed by atoms with Gasteiger partial charge in [-0.25, -0.2) is 9.97 Å². The highest BCUT2D eigenvalue weighted by Gasteiger charge is 2.15. The molecule has 4 heteroatoms. The van der Waals surface area contributed by atoms with Crippen molar-refractivity contribution in [2.24, 2.45) is 0 Å². The first kappa shape index (κ1) is 10.5. The van der Waals surface area contributed by atoms with E-state index in [1.165, 1.54) is 5.52 Å². The molecule has 0 saturated heterocycles. The summed E-state index contributed by atoms with van der Waals surface area (Å²) in [5, 5.41) is 2.04. The molecule has 3 rings (SSSR count). The number of para-hydroxylation sites is 2. The van der Waals surface area contributed by atoms with Gasteiger partial charge < -0.3 is 4.57 Å². The number of imidazole rings is 1. The molecule has 0 N–H and O–H groups in total. The first-order chi connectivity index (χ1) is 8.27. The van der Waals surface area contributed by atoms with Crippen LogP contribution in [0.15, 0.2) is 35.2 Å². The Bertz CT molecular complexity index is 638. The van der Waals surface area contributed by atoms with Crippen LogP contribution >= 0.6 is 11.3 Å². The van der Waals surface area contributed by atoms with Gasteiger partial charge in [-0.2, -0.15) is 0 Å². The predicted molar refractivity (Wildman–Crippen MR) is 71.2 cm³/mol. The van der Waals surface area contributed by atoms with E-state index in [0.29, 0.717) is 6.04 Å². The van der Waals surface area contributed by atoms with Gasteiger partial charge in [0.15, 0.2) is 5.82 Å². The largest absolute Gasteiger partial charge is 0.320 e. The molecule has 86 valence electrons. The van der Waals surface area contributed by atoms with Gasteiger partial charge >= 0.3 is 0 Å². The van der Waals surface area contributed by atoms with Gasteiger partial charge in [-0.05, 0) is 26.0 Å². The first-order valence-electron chi connectivity index (χ1n) is 5.63. The number of hydrogen-bond donors (Lipinski definition) is 0. The lowest BCUT2D eigenvalue weighted by atomic mass is 10.3. The minimum atomic E-state index is 0.374. The standard InChI is InChI=1S/C13H13N3S/c1-9(2)16-12-6-4-3-5-10(12)15-13(16)11-7-17-8-14-11/h3-9H,1-2H3. The summed E-state index contributed by atoms with van der Waals surface area (Å²) in [5.41, 5.74) is 5.01. The average Bonchev–Trinajstić information content (AvgIpc) is 2.95. The zero-order valence-electron chi connectivity index (χ0n) is 9.79. The van der Waals surface area contributed by atoms with Crippen molar-refractivity contribution in [2.45, 2.75) is 19.9 Å². The van der Waals surface area contributed by atoms with E-state index in [0.717, 1.165) is 17.0 Å². The maximum Gasteiger partial charge on any atom is 0.160 e. The van der Waals surface area contributed by atoms with Crippen molar-refractivity contribution in [2.75, 3.05) is 0 Å². The van der Waals surface area contributed by atoms with Crippen molar-refractivity contribution < 1.29 is 0 Å². The van der Waals surface area contributed by atoms with Crippen LogP contribution in [0.3, 0.4) is 0 Å². The van der Waals surface area contributed by atoms with E-state index in [1.54, 1.807) is 11.3 Å². The molecule has 2 aromatic heterocycles.